The lowest BCUT2D eigenvalue weighted by Crippen LogP contribution is -2.06. The largest absolute Gasteiger partial charge is 0.462 e. The van der Waals surface area contributed by atoms with Crippen LogP contribution in [0.1, 0.15) is 22.8 Å². The zero-order chi connectivity index (χ0) is 11.4. The number of carbonyl (C=O) groups is 1. The molecule has 0 radical (unpaired) electrons. The molecule has 0 aliphatic carbocycles. The van der Waals surface area contributed by atoms with Crippen LogP contribution in [0.2, 0.25) is 10.0 Å². The van der Waals surface area contributed by atoms with Crippen molar-refractivity contribution in [1.29, 1.82) is 0 Å². The van der Waals surface area contributed by atoms with Crippen LogP contribution in [0, 0.1) is 0 Å². The molecule has 0 aromatic heterocycles. The lowest BCUT2D eigenvalue weighted by molar-refractivity contribution is 0.0526. The minimum Gasteiger partial charge on any atom is -0.462 e. The number of carbonyl (C=O) groups excluding carboxylic acids is 1. The second-order valence-electron chi connectivity index (χ2n) is 2.78. The van der Waals surface area contributed by atoms with Gasteiger partial charge in [-0.05, 0) is 24.6 Å². The number of benzene rings is 1. The normalized spacial score (nSPS) is 10.1. The number of rotatable bonds is 3. The lowest BCUT2D eigenvalue weighted by Gasteiger charge is -2.07. The van der Waals surface area contributed by atoms with Gasteiger partial charge in [0.05, 0.1) is 17.2 Å². The molecule has 0 bridgehead atoms. The quantitative estimate of drug-likeness (QED) is 0.613. The molecule has 0 amide bonds. The monoisotopic (exact) mass is 266 g/mol. The predicted octanol–water partition coefficient (Wildman–Crippen LogP) is 3.91. The molecule has 5 heteroatoms. The Bertz CT molecular complexity index is 377. The molecule has 0 unspecified atom stereocenters. The summed E-state index contributed by atoms with van der Waals surface area (Å²) >= 11 is 17.5. The standard InChI is InChI=1S/C10H9Cl3O2/c1-2-15-10(14)8-4-7(12)3-6(5-11)9(8)13/h3-4H,2,5H2,1H3. The number of alkyl halides is 1. The van der Waals surface area contributed by atoms with Crippen LogP contribution in [0.25, 0.3) is 0 Å². The third kappa shape index (κ3) is 3.00. The third-order valence-electron chi connectivity index (χ3n) is 1.75. The predicted molar refractivity (Wildman–Crippen MR) is 62.0 cm³/mol. The zero-order valence-electron chi connectivity index (χ0n) is 8.02. The molecule has 1 rings (SSSR count). The van der Waals surface area contributed by atoms with Crippen LogP contribution in [-0.2, 0) is 10.6 Å². The fraction of sp³-hybridized carbons (Fsp3) is 0.300. The van der Waals surface area contributed by atoms with Gasteiger partial charge in [0.25, 0.3) is 0 Å². The Morgan fingerprint density at radius 2 is 2.07 bits per heavy atom. The molecule has 1 aromatic carbocycles. The van der Waals surface area contributed by atoms with Crippen molar-refractivity contribution in [3.05, 3.63) is 33.3 Å². The number of esters is 1. The molecule has 15 heavy (non-hydrogen) atoms. The maximum atomic E-state index is 11.5. The summed E-state index contributed by atoms with van der Waals surface area (Å²) in [5, 5.41) is 0.714. The van der Waals surface area contributed by atoms with Crippen LogP contribution in [0.4, 0.5) is 0 Å². The lowest BCUT2D eigenvalue weighted by atomic mass is 10.1. The van der Waals surface area contributed by atoms with Gasteiger partial charge in [-0.2, -0.15) is 0 Å². The SMILES string of the molecule is CCOC(=O)c1cc(Cl)cc(CCl)c1Cl. The fourth-order valence-corrected chi connectivity index (χ4v) is 1.87. The van der Waals surface area contributed by atoms with Crippen LogP contribution in [0.5, 0.6) is 0 Å². The van der Waals surface area contributed by atoms with E-state index in [1.54, 1.807) is 13.0 Å². The second kappa shape index (κ2) is 5.59. The van der Waals surface area contributed by atoms with Crippen molar-refractivity contribution in [2.24, 2.45) is 0 Å². The van der Waals surface area contributed by atoms with Crippen molar-refractivity contribution < 1.29 is 9.53 Å². The molecule has 0 spiro atoms. The van der Waals surface area contributed by atoms with Crippen molar-refractivity contribution in [3.63, 3.8) is 0 Å². The highest BCUT2D eigenvalue weighted by Gasteiger charge is 2.15. The summed E-state index contributed by atoms with van der Waals surface area (Å²) in [5.74, 6) is -0.289. The average molecular weight is 268 g/mol. The van der Waals surface area contributed by atoms with Crippen LogP contribution < -0.4 is 0 Å². The number of halogens is 3. The van der Waals surface area contributed by atoms with E-state index in [2.05, 4.69) is 0 Å². The highest BCUT2D eigenvalue weighted by atomic mass is 35.5. The molecule has 0 atom stereocenters. The maximum Gasteiger partial charge on any atom is 0.339 e. The van der Waals surface area contributed by atoms with Gasteiger partial charge in [-0.3, -0.25) is 0 Å². The first-order valence-electron chi connectivity index (χ1n) is 4.31. The molecule has 82 valence electrons. The molecule has 2 nitrogen and oxygen atoms in total. The Balaban J connectivity index is 3.17. The first-order valence-corrected chi connectivity index (χ1v) is 5.60. The summed E-state index contributed by atoms with van der Waals surface area (Å²) in [7, 11) is 0. The summed E-state index contributed by atoms with van der Waals surface area (Å²) in [5.41, 5.74) is 0.871. The first kappa shape index (κ1) is 12.6. The van der Waals surface area contributed by atoms with Gasteiger partial charge < -0.3 is 4.74 Å². The van der Waals surface area contributed by atoms with E-state index < -0.39 is 5.97 Å². The number of hydrogen-bond donors (Lipinski definition) is 0. The van der Waals surface area contributed by atoms with Crippen LogP contribution >= 0.6 is 34.8 Å². The summed E-state index contributed by atoms with van der Waals surface area (Å²) < 4.78 is 4.84. The van der Waals surface area contributed by atoms with E-state index in [0.717, 1.165) is 0 Å². The second-order valence-corrected chi connectivity index (χ2v) is 3.86. The first-order chi connectivity index (χ1) is 7.10. The smallest absolute Gasteiger partial charge is 0.339 e. The number of hydrogen-bond acceptors (Lipinski definition) is 2. The molecule has 0 N–H and O–H groups in total. The minimum atomic E-state index is -0.489. The van der Waals surface area contributed by atoms with Crippen molar-refractivity contribution in [3.8, 4) is 0 Å². The van der Waals surface area contributed by atoms with Crippen LogP contribution in [-0.4, -0.2) is 12.6 Å². The van der Waals surface area contributed by atoms with E-state index in [4.69, 9.17) is 39.5 Å². The van der Waals surface area contributed by atoms with Crippen molar-refractivity contribution in [1.82, 2.24) is 0 Å². The van der Waals surface area contributed by atoms with Crippen molar-refractivity contribution in [2.75, 3.05) is 6.61 Å². The van der Waals surface area contributed by atoms with Gasteiger partial charge in [0, 0.05) is 10.9 Å². The molecule has 0 saturated heterocycles. The van der Waals surface area contributed by atoms with Crippen LogP contribution in [0.3, 0.4) is 0 Å². The van der Waals surface area contributed by atoms with Gasteiger partial charge in [-0.15, -0.1) is 11.6 Å². The van der Waals surface area contributed by atoms with Crippen molar-refractivity contribution >= 4 is 40.8 Å². The van der Waals surface area contributed by atoms with Crippen molar-refractivity contribution in [2.45, 2.75) is 12.8 Å². The van der Waals surface area contributed by atoms with E-state index >= 15 is 0 Å². The van der Waals surface area contributed by atoms with Gasteiger partial charge in [-0.1, -0.05) is 23.2 Å². The fourth-order valence-electron chi connectivity index (χ4n) is 1.10. The Hall–Kier alpha value is -0.440. The summed E-state index contributed by atoms with van der Waals surface area (Å²) in [6.07, 6.45) is 0. The van der Waals surface area contributed by atoms with Gasteiger partial charge in [0.15, 0.2) is 0 Å². The molecule has 0 aliphatic heterocycles. The Morgan fingerprint density at radius 1 is 1.40 bits per heavy atom. The highest BCUT2D eigenvalue weighted by molar-refractivity contribution is 6.37. The minimum absolute atomic E-state index is 0.200. The molecule has 0 heterocycles. The Labute approximate surface area is 103 Å². The number of ether oxygens (including phenoxy) is 1. The maximum absolute atomic E-state index is 11.5. The average Bonchev–Trinajstić information content (AvgIpc) is 2.21. The van der Waals surface area contributed by atoms with E-state index in [0.29, 0.717) is 15.6 Å². The van der Waals surface area contributed by atoms with E-state index in [9.17, 15) is 4.79 Å². The summed E-state index contributed by atoms with van der Waals surface area (Å²) in [6.45, 7) is 2.01. The van der Waals surface area contributed by atoms with Crippen LogP contribution in [0.15, 0.2) is 12.1 Å². The summed E-state index contributed by atoms with van der Waals surface area (Å²) in [4.78, 5) is 11.5. The topological polar surface area (TPSA) is 26.3 Å². The highest BCUT2D eigenvalue weighted by Crippen LogP contribution is 2.27. The van der Waals surface area contributed by atoms with E-state index in [-0.39, 0.29) is 18.1 Å². The molecule has 0 saturated carbocycles. The van der Waals surface area contributed by atoms with Gasteiger partial charge in [0.1, 0.15) is 0 Å². The summed E-state index contributed by atoms with van der Waals surface area (Å²) in [6, 6.07) is 3.09. The van der Waals surface area contributed by atoms with Gasteiger partial charge in [0.2, 0.25) is 0 Å². The molecule has 0 aliphatic rings. The molecule has 0 fully saturated rings. The van der Waals surface area contributed by atoms with Gasteiger partial charge >= 0.3 is 5.97 Å². The van der Waals surface area contributed by atoms with Gasteiger partial charge in [-0.25, -0.2) is 4.79 Å². The Morgan fingerprint density at radius 3 is 2.60 bits per heavy atom. The Kier molecular flexibility index (Phi) is 4.71. The zero-order valence-corrected chi connectivity index (χ0v) is 10.3. The molecular weight excluding hydrogens is 258 g/mol. The molecule has 1 aromatic rings. The third-order valence-corrected chi connectivity index (χ3v) is 2.70. The molecular formula is C10H9Cl3O2. The van der Waals surface area contributed by atoms with E-state index in [1.807, 2.05) is 0 Å². The van der Waals surface area contributed by atoms with E-state index in [1.165, 1.54) is 6.07 Å².